The molecule has 0 atom stereocenters. The lowest BCUT2D eigenvalue weighted by Crippen LogP contribution is -2.37. The summed E-state index contributed by atoms with van der Waals surface area (Å²) in [5.74, 6) is 0. The van der Waals surface area contributed by atoms with Gasteiger partial charge in [-0.25, -0.2) is 4.79 Å². The Balaban J connectivity index is 2.34. The van der Waals surface area contributed by atoms with Crippen molar-refractivity contribution in [1.29, 1.82) is 0 Å². The number of non-ortho nitro benzene ring substituents is 1. The number of ether oxygens (including phenoxy) is 1. The molecular weight excluding hydrogens is 290 g/mol. The Bertz CT molecular complexity index is 557. The zero-order valence-corrected chi connectivity index (χ0v) is 12.4. The Morgan fingerprint density at radius 1 is 1.45 bits per heavy atom. The van der Waals surface area contributed by atoms with Gasteiger partial charge in [-0.05, 0) is 13.0 Å². The molecule has 1 aromatic rings. The molecule has 0 saturated carbocycles. The van der Waals surface area contributed by atoms with Gasteiger partial charge in [-0.1, -0.05) is 0 Å². The molecule has 1 aliphatic heterocycles. The zero-order chi connectivity index (χ0) is 16.1. The summed E-state index contributed by atoms with van der Waals surface area (Å²) in [6.45, 7) is 4.73. The third-order valence-electron chi connectivity index (χ3n) is 3.64. The first kappa shape index (κ1) is 16.0. The molecule has 0 spiro atoms. The van der Waals surface area contributed by atoms with Crippen LogP contribution < -0.4 is 4.90 Å². The van der Waals surface area contributed by atoms with Gasteiger partial charge in [0.15, 0.2) is 0 Å². The summed E-state index contributed by atoms with van der Waals surface area (Å²) in [4.78, 5) is 25.0. The van der Waals surface area contributed by atoms with Gasteiger partial charge in [0.1, 0.15) is 0 Å². The van der Waals surface area contributed by atoms with Crippen LogP contribution in [-0.4, -0.2) is 53.9 Å². The highest BCUT2D eigenvalue weighted by Gasteiger charge is 2.20. The van der Waals surface area contributed by atoms with Crippen molar-refractivity contribution in [3.63, 3.8) is 0 Å². The fraction of sp³-hybridized carbons (Fsp3) is 0.500. The minimum absolute atomic E-state index is 0.0338. The summed E-state index contributed by atoms with van der Waals surface area (Å²) in [7, 11) is 0. The molecule has 0 aromatic heterocycles. The molecule has 120 valence electrons. The predicted octanol–water partition coefficient (Wildman–Crippen LogP) is 1.93. The van der Waals surface area contributed by atoms with Crippen molar-refractivity contribution >= 4 is 17.5 Å². The second kappa shape index (κ2) is 7.08. The van der Waals surface area contributed by atoms with Crippen molar-refractivity contribution in [2.75, 3.05) is 37.7 Å². The van der Waals surface area contributed by atoms with Crippen LogP contribution in [0.2, 0.25) is 0 Å². The lowest BCUT2D eigenvalue weighted by molar-refractivity contribution is -0.384. The lowest BCUT2D eigenvalue weighted by atomic mass is 10.1. The SMILES string of the molecule is CCN(Cc1cc([N+](=O)[O-])ccc1N1CCOCC1)C(=O)O. The topological polar surface area (TPSA) is 96.1 Å². The van der Waals surface area contributed by atoms with Crippen molar-refractivity contribution in [2.24, 2.45) is 0 Å². The summed E-state index contributed by atoms with van der Waals surface area (Å²) in [6.07, 6.45) is -1.04. The maximum absolute atomic E-state index is 11.2. The van der Waals surface area contributed by atoms with Crippen LogP contribution in [0.5, 0.6) is 0 Å². The van der Waals surface area contributed by atoms with Gasteiger partial charge in [-0.2, -0.15) is 0 Å². The molecule has 1 fully saturated rings. The largest absolute Gasteiger partial charge is 0.465 e. The fourth-order valence-electron chi connectivity index (χ4n) is 2.45. The third-order valence-corrected chi connectivity index (χ3v) is 3.64. The van der Waals surface area contributed by atoms with Crippen LogP contribution in [0, 0.1) is 10.1 Å². The van der Waals surface area contributed by atoms with Crippen molar-refractivity contribution in [3.8, 4) is 0 Å². The Hall–Kier alpha value is -2.35. The summed E-state index contributed by atoms with van der Waals surface area (Å²) >= 11 is 0. The van der Waals surface area contributed by atoms with Crippen molar-refractivity contribution in [2.45, 2.75) is 13.5 Å². The molecule has 0 bridgehead atoms. The summed E-state index contributed by atoms with van der Waals surface area (Å²) in [6, 6.07) is 4.59. The van der Waals surface area contributed by atoms with Gasteiger partial charge < -0.3 is 19.6 Å². The average molecular weight is 309 g/mol. The molecule has 22 heavy (non-hydrogen) atoms. The number of amides is 1. The van der Waals surface area contributed by atoms with E-state index in [1.807, 2.05) is 0 Å². The number of hydrogen-bond acceptors (Lipinski definition) is 5. The standard InChI is InChI=1S/C14H19N3O5/c1-2-15(14(18)19)10-11-9-12(17(20)21)3-4-13(11)16-5-7-22-8-6-16/h3-4,9H,2,5-8,10H2,1H3,(H,18,19). The number of morpholine rings is 1. The molecule has 1 aromatic carbocycles. The van der Waals surface area contributed by atoms with Gasteiger partial charge >= 0.3 is 6.09 Å². The summed E-state index contributed by atoms with van der Waals surface area (Å²) < 4.78 is 5.31. The highest BCUT2D eigenvalue weighted by molar-refractivity contribution is 5.66. The third kappa shape index (κ3) is 3.64. The second-order valence-corrected chi connectivity index (χ2v) is 4.97. The number of nitro groups is 1. The van der Waals surface area contributed by atoms with Gasteiger partial charge in [0.25, 0.3) is 5.69 Å². The van der Waals surface area contributed by atoms with Gasteiger partial charge in [0, 0.05) is 43.0 Å². The van der Waals surface area contributed by atoms with Crippen LogP contribution in [0.25, 0.3) is 0 Å². The molecule has 0 radical (unpaired) electrons. The van der Waals surface area contributed by atoms with E-state index in [0.29, 0.717) is 38.4 Å². The maximum atomic E-state index is 11.2. The predicted molar refractivity (Wildman–Crippen MR) is 80.2 cm³/mol. The van der Waals surface area contributed by atoms with Crippen LogP contribution in [0.3, 0.4) is 0 Å². The number of carboxylic acid groups (broad SMARTS) is 1. The molecule has 8 heteroatoms. The van der Waals surface area contributed by atoms with E-state index in [0.717, 1.165) is 5.69 Å². The van der Waals surface area contributed by atoms with Gasteiger partial charge in [-0.15, -0.1) is 0 Å². The van der Waals surface area contributed by atoms with Crippen LogP contribution >= 0.6 is 0 Å². The number of benzene rings is 1. The van der Waals surface area contributed by atoms with E-state index in [2.05, 4.69) is 4.90 Å². The normalized spacial score (nSPS) is 14.7. The number of nitrogens with zero attached hydrogens (tertiary/aromatic N) is 3. The molecule has 1 N–H and O–H groups in total. The first-order chi connectivity index (χ1) is 10.5. The molecular formula is C14H19N3O5. The van der Waals surface area contributed by atoms with E-state index in [4.69, 9.17) is 4.74 Å². The smallest absolute Gasteiger partial charge is 0.407 e. The van der Waals surface area contributed by atoms with E-state index in [9.17, 15) is 20.0 Å². The van der Waals surface area contributed by atoms with Gasteiger partial charge in [-0.3, -0.25) is 10.1 Å². The number of rotatable bonds is 5. The van der Waals surface area contributed by atoms with Crippen LogP contribution in [0.1, 0.15) is 12.5 Å². The van der Waals surface area contributed by atoms with E-state index in [1.54, 1.807) is 13.0 Å². The molecule has 1 saturated heterocycles. The molecule has 8 nitrogen and oxygen atoms in total. The second-order valence-electron chi connectivity index (χ2n) is 4.97. The monoisotopic (exact) mass is 309 g/mol. The maximum Gasteiger partial charge on any atom is 0.407 e. The first-order valence-electron chi connectivity index (χ1n) is 7.10. The highest BCUT2D eigenvalue weighted by atomic mass is 16.6. The molecule has 2 rings (SSSR count). The van der Waals surface area contributed by atoms with Crippen LogP contribution in [-0.2, 0) is 11.3 Å². The quantitative estimate of drug-likeness (QED) is 0.659. The summed E-state index contributed by atoms with van der Waals surface area (Å²) in [5.41, 5.74) is 1.43. The summed E-state index contributed by atoms with van der Waals surface area (Å²) in [5, 5.41) is 20.1. The Morgan fingerprint density at radius 3 is 2.68 bits per heavy atom. The van der Waals surface area contributed by atoms with Crippen LogP contribution in [0.4, 0.5) is 16.2 Å². The van der Waals surface area contributed by atoms with Gasteiger partial charge in [0.05, 0.1) is 24.7 Å². The Kier molecular flexibility index (Phi) is 5.16. The zero-order valence-electron chi connectivity index (χ0n) is 12.4. The van der Waals surface area contributed by atoms with E-state index < -0.39 is 11.0 Å². The Labute approximate surface area is 128 Å². The number of hydrogen-bond donors (Lipinski definition) is 1. The van der Waals surface area contributed by atoms with E-state index in [-0.39, 0.29) is 12.2 Å². The minimum atomic E-state index is -1.04. The molecule has 0 unspecified atom stereocenters. The Morgan fingerprint density at radius 2 is 2.14 bits per heavy atom. The van der Waals surface area contributed by atoms with Crippen LogP contribution in [0.15, 0.2) is 18.2 Å². The van der Waals surface area contributed by atoms with Crippen molar-refractivity contribution in [3.05, 3.63) is 33.9 Å². The molecule has 0 aliphatic carbocycles. The fourth-order valence-corrected chi connectivity index (χ4v) is 2.45. The minimum Gasteiger partial charge on any atom is -0.465 e. The lowest BCUT2D eigenvalue weighted by Gasteiger charge is -2.31. The van der Waals surface area contributed by atoms with Crippen molar-refractivity contribution < 1.29 is 19.6 Å². The van der Waals surface area contributed by atoms with E-state index >= 15 is 0 Å². The van der Waals surface area contributed by atoms with Gasteiger partial charge in [0.2, 0.25) is 0 Å². The first-order valence-corrected chi connectivity index (χ1v) is 7.10. The number of nitro benzene ring substituents is 1. The molecule has 1 aliphatic rings. The average Bonchev–Trinajstić information content (AvgIpc) is 2.52. The molecule has 1 amide bonds. The van der Waals surface area contributed by atoms with E-state index in [1.165, 1.54) is 17.0 Å². The molecule has 1 heterocycles. The number of carbonyl (C=O) groups is 1. The number of anilines is 1. The van der Waals surface area contributed by atoms with Crippen molar-refractivity contribution in [1.82, 2.24) is 4.90 Å². The highest BCUT2D eigenvalue weighted by Crippen LogP contribution is 2.27.